The molecule has 2 heterocycles. The Hall–Kier alpha value is -3.73. The molecule has 0 aliphatic carbocycles. The summed E-state index contributed by atoms with van der Waals surface area (Å²) in [5.74, 6) is -0.144. The number of nitrogens with zero attached hydrogens (tertiary/aromatic N) is 3. The van der Waals surface area contributed by atoms with Gasteiger partial charge in [0.2, 0.25) is 10.0 Å². The molecule has 5 rings (SSSR count). The van der Waals surface area contributed by atoms with Crippen LogP contribution in [0, 0.1) is 5.82 Å². The van der Waals surface area contributed by atoms with Crippen LogP contribution >= 0.6 is 11.6 Å². The third-order valence-electron chi connectivity index (χ3n) is 5.71. The minimum atomic E-state index is -4.00. The van der Waals surface area contributed by atoms with Crippen molar-refractivity contribution in [3.05, 3.63) is 107 Å². The average molecular weight is 532 g/mol. The number of hydrogen-bond acceptors (Lipinski definition) is 5. The van der Waals surface area contributed by atoms with Crippen LogP contribution in [0.4, 0.5) is 10.2 Å². The lowest BCUT2D eigenvalue weighted by Gasteiger charge is -2.13. The fraction of sp³-hybridized carbons (Fsp3) is 0.0769. The van der Waals surface area contributed by atoms with Crippen LogP contribution in [0.3, 0.4) is 0 Å². The predicted molar refractivity (Wildman–Crippen MR) is 143 cm³/mol. The van der Waals surface area contributed by atoms with Gasteiger partial charge in [-0.3, -0.25) is 0 Å². The molecule has 37 heavy (non-hydrogen) atoms. The Labute approximate surface area is 219 Å². The van der Waals surface area contributed by atoms with Crippen LogP contribution in [0.5, 0.6) is 0 Å². The van der Waals surface area contributed by atoms with Gasteiger partial charge in [0.05, 0.1) is 5.69 Å². The summed E-state index contributed by atoms with van der Waals surface area (Å²) in [7, 11) is 2.10. The highest BCUT2D eigenvalue weighted by atomic mass is 35.5. The number of rotatable bonds is 8. The number of fused-ring (bicyclic) bond motifs is 1. The highest BCUT2D eigenvalue weighted by molar-refractivity contribution is 7.89. The lowest BCUT2D eigenvalue weighted by Crippen LogP contribution is -2.24. The molecule has 3 aromatic carbocycles. The molecule has 2 radical (unpaired) electrons. The average Bonchev–Trinajstić information content (AvgIpc) is 3.27. The largest absolute Gasteiger partial charge is 0.366 e. The zero-order valence-electron chi connectivity index (χ0n) is 19.4. The second kappa shape index (κ2) is 10.3. The van der Waals surface area contributed by atoms with Crippen LogP contribution in [0.25, 0.3) is 16.9 Å². The second-order valence-corrected chi connectivity index (χ2v) is 10.4. The van der Waals surface area contributed by atoms with Gasteiger partial charge in [-0.15, -0.1) is 0 Å². The number of nitrogens with one attached hydrogen (secondary N) is 2. The summed E-state index contributed by atoms with van der Waals surface area (Å²) in [4.78, 5) is 4.25. The van der Waals surface area contributed by atoms with Crippen molar-refractivity contribution in [2.45, 2.75) is 18.0 Å². The van der Waals surface area contributed by atoms with Crippen molar-refractivity contribution in [3.63, 3.8) is 0 Å². The van der Waals surface area contributed by atoms with Crippen LogP contribution in [-0.4, -0.2) is 30.9 Å². The summed E-state index contributed by atoms with van der Waals surface area (Å²) in [6.45, 7) is 0.422. The highest BCUT2D eigenvalue weighted by Gasteiger charge is 2.18. The van der Waals surface area contributed by atoms with Crippen molar-refractivity contribution in [1.29, 1.82) is 0 Å². The van der Waals surface area contributed by atoms with Crippen molar-refractivity contribution in [2.24, 2.45) is 0 Å². The number of halogens is 2. The smallest absolute Gasteiger partial charge is 0.243 e. The van der Waals surface area contributed by atoms with Crippen LogP contribution in [0.15, 0.2) is 90.0 Å². The van der Waals surface area contributed by atoms with E-state index in [4.69, 9.17) is 19.4 Å². The fourth-order valence-electron chi connectivity index (χ4n) is 3.87. The zero-order valence-corrected chi connectivity index (χ0v) is 21.0. The minimum absolute atomic E-state index is 0.0103. The first-order valence-corrected chi connectivity index (χ1v) is 13.1. The van der Waals surface area contributed by atoms with Crippen LogP contribution in [0.2, 0.25) is 5.02 Å². The molecule has 0 aliphatic rings. The number of hydrogen-bond donors (Lipinski definition) is 2. The molecule has 0 aliphatic heterocycles. The monoisotopic (exact) mass is 531 g/mol. The maximum Gasteiger partial charge on any atom is 0.243 e. The van der Waals surface area contributed by atoms with Crippen molar-refractivity contribution >= 4 is 46.4 Å². The SMILES string of the molecule is [B]c1cnn2c(NCc3cccc(CNS(=O)(=O)c4ccccc4F)c3)cc(-c3ccccc3Cl)nc12. The Bertz CT molecular complexity index is 1710. The maximum atomic E-state index is 14.0. The molecule has 0 amide bonds. The summed E-state index contributed by atoms with van der Waals surface area (Å²) in [6, 6.07) is 21.9. The lowest BCUT2D eigenvalue weighted by molar-refractivity contribution is 0.557. The molecular weight excluding hydrogens is 512 g/mol. The molecule has 184 valence electrons. The van der Waals surface area contributed by atoms with Crippen molar-refractivity contribution in [1.82, 2.24) is 19.3 Å². The molecule has 2 N–H and O–H groups in total. The van der Waals surface area contributed by atoms with E-state index in [9.17, 15) is 12.8 Å². The van der Waals surface area contributed by atoms with Gasteiger partial charge in [0, 0.05) is 35.9 Å². The number of sulfonamides is 1. The maximum absolute atomic E-state index is 14.0. The van der Waals surface area contributed by atoms with Crippen LogP contribution in [0.1, 0.15) is 11.1 Å². The van der Waals surface area contributed by atoms with E-state index in [1.807, 2.05) is 42.5 Å². The van der Waals surface area contributed by atoms with E-state index in [0.29, 0.717) is 34.2 Å². The van der Waals surface area contributed by atoms with Crippen LogP contribution in [-0.2, 0) is 23.1 Å². The normalized spacial score (nSPS) is 11.6. The molecular formula is C26H20BClFN5O2S. The molecule has 0 unspecified atom stereocenters. The summed E-state index contributed by atoms with van der Waals surface area (Å²) < 4.78 is 43.1. The summed E-state index contributed by atoms with van der Waals surface area (Å²) >= 11 is 6.39. The van der Waals surface area contributed by atoms with Gasteiger partial charge < -0.3 is 5.32 Å². The number of benzene rings is 3. The topological polar surface area (TPSA) is 88.4 Å². The standard InChI is InChI=1S/C26H20BClFN5O2S/c27-20-16-31-34-25(13-23(33-26(20)34)19-8-1-2-9-21(19)28)30-14-17-6-5-7-18(12-17)15-32-37(35,36)24-11-4-3-10-22(24)29/h1-13,16,30,32H,14-15H2. The van der Waals surface area contributed by atoms with E-state index in [0.717, 1.165) is 22.8 Å². The van der Waals surface area contributed by atoms with Gasteiger partial charge in [-0.1, -0.05) is 66.2 Å². The second-order valence-electron chi connectivity index (χ2n) is 8.27. The quantitative estimate of drug-likeness (QED) is 0.295. The molecule has 0 bridgehead atoms. The Kier molecular flexibility index (Phi) is 6.97. The van der Waals surface area contributed by atoms with Gasteiger partial charge in [-0.05, 0) is 34.8 Å². The van der Waals surface area contributed by atoms with Gasteiger partial charge >= 0.3 is 0 Å². The molecule has 11 heteroatoms. The van der Waals surface area contributed by atoms with E-state index in [2.05, 4.69) is 20.1 Å². The van der Waals surface area contributed by atoms with Crippen molar-refractivity contribution in [2.75, 3.05) is 5.32 Å². The number of aromatic nitrogens is 3. The van der Waals surface area contributed by atoms with Gasteiger partial charge in [0.25, 0.3) is 0 Å². The molecule has 0 fully saturated rings. The third kappa shape index (κ3) is 5.36. The Morgan fingerprint density at radius 3 is 2.46 bits per heavy atom. The summed E-state index contributed by atoms with van der Waals surface area (Å²) in [6.07, 6.45) is 1.53. The Morgan fingerprint density at radius 2 is 1.68 bits per heavy atom. The van der Waals surface area contributed by atoms with Gasteiger partial charge in [0.15, 0.2) is 5.65 Å². The minimum Gasteiger partial charge on any atom is -0.366 e. The number of anilines is 1. The Morgan fingerprint density at radius 1 is 0.946 bits per heavy atom. The van der Waals surface area contributed by atoms with Crippen molar-refractivity contribution in [3.8, 4) is 11.3 Å². The molecule has 2 aromatic heterocycles. The predicted octanol–water partition coefficient (Wildman–Crippen LogP) is 4.07. The zero-order chi connectivity index (χ0) is 26.0. The van der Waals surface area contributed by atoms with E-state index < -0.39 is 15.8 Å². The Balaban J connectivity index is 1.36. The van der Waals surface area contributed by atoms with Crippen LogP contribution < -0.4 is 15.5 Å². The first-order chi connectivity index (χ1) is 17.8. The van der Waals surface area contributed by atoms with E-state index in [1.54, 1.807) is 16.6 Å². The van der Waals surface area contributed by atoms with Gasteiger partial charge in [-0.2, -0.15) is 9.61 Å². The van der Waals surface area contributed by atoms with E-state index in [-0.39, 0.29) is 11.4 Å². The molecule has 0 saturated carbocycles. The lowest BCUT2D eigenvalue weighted by atomic mass is 10.0. The van der Waals surface area contributed by atoms with Crippen molar-refractivity contribution < 1.29 is 12.8 Å². The molecule has 0 atom stereocenters. The van der Waals surface area contributed by atoms with Gasteiger partial charge in [0.1, 0.15) is 24.4 Å². The summed E-state index contributed by atoms with van der Waals surface area (Å²) in [5, 5.41) is 8.24. The third-order valence-corrected chi connectivity index (χ3v) is 7.47. The highest BCUT2D eigenvalue weighted by Crippen LogP contribution is 2.28. The van der Waals surface area contributed by atoms with Gasteiger partial charge in [-0.25, -0.2) is 22.5 Å². The fourth-order valence-corrected chi connectivity index (χ4v) is 5.20. The first-order valence-electron chi connectivity index (χ1n) is 11.3. The molecule has 0 spiro atoms. The van der Waals surface area contributed by atoms with E-state index in [1.165, 1.54) is 24.4 Å². The first kappa shape index (κ1) is 24.9. The summed E-state index contributed by atoms with van der Waals surface area (Å²) in [5.41, 5.74) is 3.95. The van der Waals surface area contributed by atoms with E-state index >= 15 is 0 Å². The molecule has 0 saturated heterocycles. The molecule has 7 nitrogen and oxygen atoms in total. The molecule has 5 aromatic rings.